The third kappa shape index (κ3) is 5.27. The Kier molecular flexibility index (Phi) is 6.65. The van der Waals surface area contributed by atoms with Crippen LogP contribution in [0.25, 0.3) is 0 Å². The summed E-state index contributed by atoms with van der Waals surface area (Å²) in [6.45, 7) is 6.47. The van der Waals surface area contributed by atoms with E-state index >= 15 is 0 Å². The molecule has 140 valence electrons. The fourth-order valence-corrected chi connectivity index (χ4v) is 3.41. The molecule has 2 aromatic rings. The standard InChI is InChI=1S/C20H24Cl2N2O2/c1-15-11-19(5-6-20(15)22)26-14-18(25)13-23-7-9-24(10-8-23)17-4-2-3-16(21)12-17/h2-6,11-12,18,25H,7-10,13-14H2,1H3/t18-/m1/s1. The summed E-state index contributed by atoms with van der Waals surface area (Å²) in [6.07, 6.45) is -0.524. The smallest absolute Gasteiger partial charge is 0.119 e. The molecule has 1 aliphatic rings. The first-order chi connectivity index (χ1) is 12.5. The maximum atomic E-state index is 10.3. The molecule has 0 radical (unpaired) electrons. The molecule has 1 atom stereocenters. The number of hydrogen-bond acceptors (Lipinski definition) is 4. The molecule has 0 spiro atoms. The maximum Gasteiger partial charge on any atom is 0.119 e. The van der Waals surface area contributed by atoms with Crippen molar-refractivity contribution in [3.63, 3.8) is 0 Å². The molecule has 3 rings (SSSR count). The topological polar surface area (TPSA) is 35.9 Å². The van der Waals surface area contributed by atoms with Gasteiger partial charge in [-0.15, -0.1) is 0 Å². The lowest BCUT2D eigenvalue weighted by Gasteiger charge is -2.36. The van der Waals surface area contributed by atoms with Gasteiger partial charge in [0.05, 0.1) is 0 Å². The monoisotopic (exact) mass is 394 g/mol. The highest BCUT2D eigenvalue weighted by molar-refractivity contribution is 6.31. The van der Waals surface area contributed by atoms with Crippen LogP contribution in [0.5, 0.6) is 5.75 Å². The van der Waals surface area contributed by atoms with Gasteiger partial charge in [-0.2, -0.15) is 0 Å². The number of β-amino-alcohol motifs (C(OH)–C–C–N with tert-alkyl or cyclic N) is 1. The summed E-state index contributed by atoms with van der Waals surface area (Å²) in [5.41, 5.74) is 2.12. The lowest BCUT2D eigenvalue weighted by atomic mass is 10.2. The third-order valence-electron chi connectivity index (χ3n) is 4.59. The molecule has 0 aromatic heterocycles. The molecule has 1 aliphatic heterocycles. The van der Waals surface area contributed by atoms with Crippen molar-refractivity contribution in [2.24, 2.45) is 0 Å². The number of hydrogen-bond donors (Lipinski definition) is 1. The summed E-state index contributed by atoms with van der Waals surface area (Å²) in [4.78, 5) is 4.59. The highest BCUT2D eigenvalue weighted by Gasteiger charge is 2.20. The van der Waals surface area contributed by atoms with Crippen molar-refractivity contribution in [3.05, 3.63) is 58.1 Å². The Morgan fingerprint density at radius 1 is 1.08 bits per heavy atom. The fourth-order valence-electron chi connectivity index (χ4n) is 3.11. The van der Waals surface area contributed by atoms with Gasteiger partial charge in [-0.25, -0.2) is 0 Å². The van der Waals surface area contributed by atoms with Gasteiger partial charge in [0.1, 0.15) is 18.5 Å². The molecule has 6 heteroatoms. The zero-order chi connectivity index (χ0) is 18.5. The van der Waals surface area contributed by atoms with Crippen LogP contribution < -0.4 is 9.64 Å². The van der Waals surface area contributed by atoms with Crippen molar-refractivity contribution in [3.8, 4) is 5.75 Å². The van der Waals surface area contributed by atoms with Crippen molar-refractivity contribution in [2.45, 2.75) is 13.0 Å². The Balaban J connectivity index is 1.43. The lowest BCUT2D eigenvalue weighted by molar-refractivity contribution is 0.0663. The third-order valence-corrected chi connectivity index (χ3v) is 5.25. The van der Waals surface area contributed by atoms with Crippen LogP contribution in [0.3, 0.4) is 0 Å². The van der Waals surface area contributed by atoms with E-state index in [4.69, 9.17) is 27.9 Å². The van der Waals surface area contributed by atoms with Crippen molar-refractivity contribution < 1.29 is 9.84 Å². The number of aliphatic hydroxyl groups excluding tert-OH is 1. The number of anilines is 1. The van der Waals surface area contributed by atoms with E-state index in [9.17, 15) is 5.11 Å². The Morgan fingerprint density at radius 2 is 1.85 bits per heavy atom. The van der Waals surface area contributed by atoms with Crippen LogP contribution in [0.15, 0.2) is 42.5 Å². The number of aryl methyl sites for hydroxylation is 1. The highest BCUT2D eigenvalue weighted by Crippen LogP contribution is 2.22. The molecule has 0 aliphatic carbocycles. The van der Waals surface area contributed by atoms with Gasteiger partial charge in [-0.1, -0.05) is 29.3 Å². The van der Waals surface area contributed by atoms with Crippen LogP contribution in [-0.2, 0) is 0 Å². The second-order valence-electron chi connectivity index (χ2n) is 6.64. The van der Waals surface area contributed by atoms with E-state index in [0.29, 0.717) is 6.54 Å². The molecule has 1 heterocycles. The van der Waals surface area contributed by atoms with Crippen LogP contribution in [0.1, 0.15) is 5.56 Å². The number of aliphatic hydroxyl groups is 1. The first kappa shape index (κ1) is 19.3. The van der Waals surface area contributed by atoms with Crippen LogP contribution in [0, 0.1) is 6.92 Å². The molecule has 1 N–H and O–H groups in total. The van der Waals surface area contributed by atoms with Gasteiger partial charge in [-0.3, -0.25) is 4.90 Å². The molecule has 2 aromatic carbocycles. The summed E-state index contributed by atoms with van der Waals surface area (Å²) >= 11 is 12.1. The average Bonchev–Trinajstić information content (AvgIpc) is 2.63. The van der Waals surface area contributed by atoms with Crippen molar-refractivity contribution in [1.82, 2.24) is 4.90 Å². The van der Waals surface area contributed by atoms with Gasteiger partial charge in [0.15, 0.2) is 0 Å². The molecule has 0 amide bonds. The first-order valence-corrected chi connectivity index (χ1v) is 9.57. The molecule has 0 saturated carbocycles. The number of halogens is 2. The van der Waals surface area contributed by atoms with E-state index in [1.807, 2.05) is 43.3 Å². The SMILES string of the molecule is Cc1cc(OC[C@H](O)CN2CCN(c3cccc(Cl)c3)CC2)ccc1Cl. The van der Waals surface area contributed by atoms with Crippen molar-refractivity contribution in [2.75, 3.05) is 44.2 Å². The zero-order valence-corrected chi connectivity index (χ0v) is 16.4. The minimum atomic E-state index is -0.524. The molecular weight excluding hydrogens is 371 g/mol. The van der Waals surface area contributed by atoms with Crippen LogP contribution in [0.4, 0.5) is 5.69 Å². The normalized spacial score (nSPS) is 16.5. The van der Waals surface area contributed by atoms with E-state index in [0.717, 1.165) is 53.2 Å². The largest absolute Gasteiger partial charge is 0.491 e. The molecule has 1 saturated heterocycles. The quantitative estimate of drug-likeness (QED) is 0.806. The summed E-state index contributed by atoms with van der Waals surface area (Å²) in [5.74, 6) is 0.733. The summed E-state index contributed by atoms with van der Waals surface area (Å²) < 4.78 is 5.69. The van der Waals surface area contributed by atoms with E-state index in [1.54, 1.807) is 0 Å². The number of piperazine rings is 1. The van der Waals surface area contributed by atoms with Crippen LogP contribution in [0.2, 0.25) is 10.0 Å². The number of rotatable bonds is 6. The Labute approximate surface area is 164 Å². The van der Waals surface area contributed by atoms with Crippen LogP contribution >= 0.6 is 23.2 Å². The molecule has 0 unspecified atom stereocenters. The van der Waals surface area contributed by atoms with Gasteiger partial charge in [0.25, 0.3) is 0 Å². The van der Waals surface area contributed by atoms with E-state index in [-0.39, 0.29) is 6.61 Å². The van der Waals surface area contributed by atoms with Gasteiger partial charge < -0.3 is 14.7 Å². The van der Waals surface area contributed by atoms with Gasteiger partial charge in [-0.05, 0) is 48.9 Å². The number of ether oxygens (including phenoxy) is 1. The zero-order valence-electron chi connectivity index (χ0n) is 14.9. The summed E-state index contributed by atoms with van der Waals surface area (Å²) in [7, 11) is 0. The fraction of sp³-hybridized carbons (Fsp3) is 0.400. The second-order valence-corrected chi connectivity index (χ2v) is 7.49. The Bertz CT molecular complexity index is 734. The minimum absolute atomic E-state index is 0.273. The average molecular weight is 395 g/mol. The molecule has 4 nitrogen and oxygen atoms in total. The summed E-state index contributed by atoms with van der Waals surface area (Å²) in [5, 5.41) is 11.8. The predicted molar refractivity (Wildman–Crippen MR) is 108 cm³/mol. The maximum absolute atomic E-state index is 10.3. The molecule has 0 bridgehead atoms. The Morgan fingerprint density at radius 3 is 2.54 bits per heavy atom. The molecule has 26 heavy (non-hydrogen) atoms. The summed E-state index contributed by atoms with van der Waals surface area (Å²) in [6, 6.07) is 13.5. The van der Waals surface area contributed by atoms with Gasteiger partial charge >= 0.3 is 0 Å². The molecular formula is C20H24Cl2N2O2. The van der Waals surface area contributed by atoms with Crippen molar-refractivity contribution in [1.29, 1.82) is 0 Å². The second kappa shape index (κ2) is 8.96. The highest BCUT2D eigenvalue weighted by atomic mass is 35.5. The number of nitrogens with zero attached hydrogens (tertiary/aromatic N) is 2. The lowest BCUT2D eigenvalue weighted by Crippen LogP contribution is -2.49. The minimum Gasteiger partial charge on any atom is -0.491 e. The van der Waals surface area contributed by atoms with Crippen LogP contribution in [-0.4, -0.2) is 55.4 Å². The van der Waals surface area contributed by atoms with Gasteiger partial charge in [0, 0.05) is 48.5 Å². The van der Waals surface area contributed by atoms with E-state index in [2.05, 4.69) is 15.9 Å². The van der Waals surface area contributed by atoms with Crippen molar-refractivity contribution >= 4 is 28.9 Å². The van der Waals surface area contributed by atoms with Gasteiger partial charge in [0.2, 0.25) is 0 Å². The van der Waals surface area contributed by atoms with E-state index < -0.39 is 6.10 Å². The Hall–Kier alpha value is -1.46. The first-order valence-electron chi connectivity index (χ1n) is 8.81. The molecule has 1 fully saturated rings. The predicted octanol–water partition coefficient (Wildman–Crippen LogP) is 3.86. The van der Waals surface area contributed by atoms with E-state index in [1.165, 1.54) is 0 Å². The number of benzene rings is 2.